The molecular weight excluding hydrogens is 262 g/mol. The van der Waals surface area contributed by atoms with Crippen LogP contribution in [0.2, 0.25) is 5.02 Å². The number of benzene rings is 1. The monoisotopic (exact) mass is 283 g/mol. The van der Waals surface area contributed by atoms with E-state index in [1.807, 2.05) is 6.07 Å². The van der Waals surface area contributed by atoms with Gasteiger partial charge in [-0.2, -0.15) is 0 Å². The van der Waals surface area contributed by atoms with E-state index >= 15 is 0 Å². The first-order chi connectivity index (χ1) is 9.17. The number of hydrogen-bond donors (Lipinski definition) is 1. The second-order valence-electron chi connectivity index (χ2n) is 5.14. The fraction of sp³-hybridized carbons (Fsp3) is 0.600. The van der Waals surface area contributed by atoms with Gasteiger partial charge in [-0.05, 0) is 62.4 Å². The highest BCUT2D eigenvalue weighted by Gasteiger charge is 2.20. The highest BCUT2D eigenvalue weighted by atomic mass is 35.5. The lowest BCUT2D eigenvalue weighted by molar-refractivity contribution is 0.352. The number of aryl methyl sites for hydroxylation is 1. The van der Waals surface area contributed by atoms with E-state index in [-0.39, 0.29) is 0 Å². The summed E-state index contributed by atoms with van der Waals surface area (Å²) in [6.07, 6.45) is 3.50. The van der Waals surface area contributed by atoms with Gasteiger partial charge >= 0.3 is 0 Å². The molecule has 0 amide bonds. The summed E-state index contributed by atoms with van der Waals surface area (Å²) in [4.78, 5) is 0. The van der Waals surface area contributed by atoms with E-state index in [1.54, 1.807) is 14.2 Å². The molecule has 1 aromatic carbocycles. The van der Waals surface area contributed by atoms with E-state index in [0.717, 1.165) is 19.5 Å². The number of hydrogen-bond acceptors (Lipinski definition) is 3. The molecule has 4 heteroatoms. The lowest BCUT2D eigenvalue weighted by Gasteiger charge is -2.24. The van der Waals surface area contributed by atoms with Crippen molar-refractivity contribution in [2.75, 3.05) is 27.3 Å². The molecule has 2 rings (SSSR count). The van der Waals surface area contributed by atoms with Crippen molar-refractivity contribution in [2.24, 2.45) is 5.92 Å². The molecule has 19 heavy (non-hydrogen) atoms. The summed E-state index contributed by atoms with van der Waals surface area (Å²) in [5.74, 6) is 2.01. The summed E-state index contributed by atoms with van der Waals surface area (Å²) >= 11 is 6.49. The minimum Gasteiger partial charge on any atom is -0.493 e. The number of piperidine rings is 1. The predicted molar refractivity (Wildman–Crippen MR) is 78.6 cm³/mol. The molecule has 1 saturated heterocycles. The molecule has 1 fully saturated rings. The van der Waals surface area contributed by atoms with Gasteiger partial charge in [0.05, 0.1) is 19.2 Å². The molecule has 0 bridgehead atoms. The topological polar surface area (TPSA) is 30.5 Å². The molecule has 1 heterocycles. The molecule has 0 aromatic heterocycles. The Bertz CT molecular complexity index is 442. The molecule has 3 nitrogen and oxygen atoms in total. The van der Waals surface area contributed by atoms with Crippen molar-refractivity contribution in [1.29, 1.82) is 0 Å². The Kier molecular flexibility index (Phi) is 4.94. The van der Waals surface area contributed by atoms with E-state index in [9.17, 15) is 0 Å². The maximum atomic E-state index is 6.49. The number of nitrogens with one attached hydrogen (secondary N) is 1. The zero-order chi connectivity index (χ0) is 13.8. The number of halogens is 1. The SMILES string of the molecule is COc1cc(C)c(CC2CCCNC2)c(Cl)c1OC. The second kappa shape index (κ2) is 6.49. The molecule has 1 unspecified atom stereocenters. The average Bonchev–Trinajstić information content (AvgIpc) is 2.44. The van der Waals surface area contributed by atoms with Crippen LogP contribution in [0.1, 0.15) is 24.0 Å². The third-order valence-electron chi connectivity index (χ3n) is 3.83. The molecular formula is C15H22ClNO2. The smallest absolute Gasteiger partial charge is 0.179 e. The van der Waals surface area contributed by atoms with Crippen LogP contribution >= 0.6 is 11.6 Å². The lowest BCUT2D eigenvalue weighted by Crippen LogP contribution is -2.31. The maximum Gasteiger partial charge on any atom is 0.179 e. The Hall–Kier alpha value is -0.930. The van der Waals surface area contributed by atoms with E-state index in [1.165, 1.54) is 24.0 Å². The van der Waals surface area contributed by atoms with Gasteiger partial charge in [0.15, 0.2) is 11.5 Å². The van der Waals surface area contributed by atoms with Crippen molar-refractivity contribution in [1.82, 2.24) is 5.32 Å². The molecule has 1 aromatic rings. The third-order valence-corrected chi connectivity index (χ3v) is 4.23. The summed E-state index contributed by atoms with van der Waals surface area (Å²) in [5, 5.41) is 4.15. The second-order valence-corrected chi connectivity index (χ2v) is 5.52. The largest absolute Gasteiger partial charge is 0.493 e. The molecule has 0 saturated carbocycles. The Morgan fingerprint density at radius 1 is 1.37 bits per heavy atom. The van der Waals surface area contributed by atoms with Crippen molar-refractivity contribution < 1.29 is 9.47 Å². The Balaban J connectivity index is 2.28. The summed E-state index contributed by atoms with van der Waals surface area (Å²) in [6.45, 7) is 4.29. The van der Waals surface area contributed by atoms with Gasteiger partial charge in [0.2, 0.25) is 0 Å². The summed E-state index contributed by atoms with van der Waals surface area (Å²) in [7, 11) is 3.27. The highest BCUT2D eigenvalue weighted by Crippen LogP contribution is 2.40. The first-order valence-corrected chi connectivity index (χ1v) is 7.15. The first kappa shape index (κ1) is 14.5. The van der Waals surface area contributed by atoms with Crippen LogP contribution in [0, 0.1) is 12.8 Å². The van der Waals surface area contributed by atoms with Crippen LogP contribution in [0.15, 0.2) is 6.07 Å². The number of rotatable bonds is 4. The van der Waals surface area contributed by atoms with Crippen molar-refractivity contribution in [3.63, 3.8) is 0 Å². The molecule has 0 radical (unpaired) electrons. The van der Waals surface area contributed by atoms with Crippen LogP contribution < -0.4 is 14.8 Å². The van der Waals surface area contributed by atoms with Gasteiger partial charge in [0.25, 0.3) is 0 Å². The standard InChI is InChI=1S/C15H22ClNO2/c1-10-7-13(18-2)15(19-3)14(16)12(10)8-11-5-4-6-17-9-11/h7,11,17H,4-6,8-9H2,1-3H3. The molecule has 1 N–H and O–H groups in total. The van der Waals surface area contributed by atoms with Crippen molar-refractivity contribution >= 4 is 11.6 Å². The van der Waals surface area contributed by atoms with Gasteiger partial charge < -0.3 is 14.8 Å². The Morgan fingerprint density at radius 3 is 2.74 bits per heavy atom. The summed E-state index contributed by atoms with van der Waals surface area (Å²) < 4.78 is 10.7. The normalized spacial score (nSPS) is 19.3. The van der Waals surface area contributed by atoms with Crippen molar-refractivity contribution in [2.45, 2.75) is 26.2 Å². The molecule has 0 spiro atoms. The van der Waals surface area contributed by atoms with E-state index in [4.69, 9.17) is 21.1 Å². The van der Waals surface area contributed by atoms with Crippen LogP contribution in [0.25, 0.3) is 0 Å². The van der Waals surface area contributed by atoms with E-state index < -0.39 is 0 Å². The molecule has 1 aliphatic rings. The van der Waals surface area contributed by atoms with Gasteiger partial charge in [-0.3, -0.25) is 0 Å². The van der Waals surface area contributed by atoms with Crippen molar-refractivity contribution in [3.8, 4) is 11.5 Å². The van der Waals surface area contributed by atoms with Crippen LogP contribution in [-0.2, 0) is 6.42 Å². The van der Waals surface area contributed by atoms with Gasteiger partial charge in [0.1, 0.15) is 0 Å². The Labute approximate surface area is 120 Å². The number of methoxy groups -OCH3 is 2. The zero-order valence-electron chi connectivity index (χ0n) is 11.9. The molecule has 106 valence electrons. The summed E-state index contributed by atoms with van der Waals surface area (Å²) in [5.41, 5.74) is 2.36. The quantitative estimate of drug-likeness (QED) is 0.920. The fourth-order valence-corrected chi connectivity index (χ4v) is 3.14. The van der Waals surface area contributed by atoms with Crippen LogP contribution in [0.3, 0.4) is 0 Å². The molecule has 1 aliphatic heterocycles. The fourth-order valence-electron chi connectivity index (χ4n) is 2.75. The molecule has 0 aliphatic carbocycles. The summed E-state index contributed by atoms with van der Waals surface area (Å²) in [6, 6.07) is 2.01. The van der Waals surface area contributed by atoms with E-state index in [2.05, 4.69) is 12.2 Å². The minimum atomic E-state index is 0.647. The van der Waals surface area contributed by atoms with Gasteiger partial charge in [-0.1, -0.05) is 11.6 Å². The number of ether oxygens (including phenoxy) is 2. The average molecular weight is 284 g/mol. The third kappa shape index (κ3) is 3.15. The maximum absolute atomic E-state index is 6.49. The van der Waals surface area contributed by atoms with Crippen LogP contribution in [0.4, 0.5) is 0 Å². The van der Waals surface area contributed by atoms with Crippen LogP contribution in [0.5, 0.6) is 11.5 Å². The van der Waals surface area contributed by atoms with Gasteiger partial charge in [0, 0.05) is 0 Å². The van der Waals surface area contributed by atoms with Gasteiger partial charge in [-0.25, -0.2) is 0 Å². The first-order valence-electron chi connectivity index (χ1n) is 6.78. The van der Waals surface area contributed by atoms with Gasteiger partial charge in [-0.15, -0.1) is 0 Å². The zero-order valence-corrected chi connectivity index (χ0v) is 12.6. The molecule has 1 atom stereocenters. The van der Waals surface area contributed by atoms with E-state index in [0.29, 0.717) is 22.4 Å². The van der Waals surface area contributed by atoms with Crippen molar-refractivity contribution in [3.05, 3.63) is 22.2 Å². The highest BCUT2D eigenvalue weighted by molar-refractivity contribution is 6.33. The lowest BCUT2D eigenvalue weighted by atomic mass is 9.90. The van der Waals surface area contributed by atoms with Crippen LogP contribution in [-0.4, -0.2) is 27.3 Å². The minimum absolute atomic E-state index is 0.647. The predicted octanol–water partition coefficient (Wildman–Crippen LogP) is 3.21. The Morgan fingerprint density at radius 2 is 2.16 bits per heavy atom.